The van der Waals surface area contributed by atoms with Crippen molar-refractivity contribution in [1.82, 2.24) is 13.8 Å². The van der Waals surface area contributed by atoms with Crippen molar-refractivity contribution in [2.75, 3.05) is 0 Å². The average molecular weight is 548 g/mol. The summed E-state index contributed by atoms with van der Waals surface area (Å²) in [6.07, 6.45) is 0. The van der Waals surface area contributed by atoms with Crippen LogP contribution in [0.2, 0.25) is 0 Å². The zero-order valence-electron chi connectivity index (χ0n) is 23.5. The van der Waals surface area contributed by atoms with Gasteiger partial charge in [-0.3, -0.25) is 8.80 Å². The highest BCUT2D eigenvalue weighted by molar-refractivity contribution is 6.20. The summed E-state index contributed by atoms with van der Waals surface area (Å²) < 4.78 is 4.75. The predicted molar refractivity (Wildman–Crippen MR) is 180 cm³/mol. The first-order chi connectivity index (χ1) is 21.2. The van der Waals surface area contributed by atoms with Crippen molar-refractivity contribution in [3.05, 3.63) is 139 Å². The summed E-state index contributed by atoms with van der Waals surface area (Å²) in [5.74, 6) is 0.960. The number of nitrogens with zero attached hydrogens (tertiary/aromatic N) is 3. The van der Waals surface area contributed by atoms with Crippen LogP contribution in [0.3, 0.4) is 0 Å². The molecule has 10 rings (SSSR count). The van der Waals surface area contributed by atoms with Gasteiger partial charge in [-0.05, 0) is 98.8 Å². The van der Waals surface area contributed by atoms with Gasteiger partial charge in [-0.15, -0.1) is 0 Å². The molecular weight excluding hydrogens is 522 g/mol. The number of hydrogen-bond acceptors (Lipinski definition) is 1. The van der Waals surface area contributed by atoms with E-state index in [1.807, 2.05) is 0 Å². The molecule has 0 aliphatic carbocycles. The maximum absolute atomic E-state index is 5.28. The van der Waals surface area contributed by atoms with Crippen LogP contribution >= 0.6 is 0 Å². The molecule has 3 heterocycles. The Kier molecular flexibility index (Phi) is 4.38. The zero-order valence-corrected chi connectivity index (χ0v) is 23.5. The molecule has 0 atom stereocenters. The first-order valence-electron chi connectivity index (χ1n) is 14.8. The van der Waals surface area contributed by atoms with Crippen molar-refractivity contribution in [3.8, 4) is 22.3 Å². The van der Waals surface area contributed by atoms with Crippen LogP contribution in [-0.2, 0) is 0 Å². The second kappa shape index (κ2) is 8.21. The lowest BCUT2D eigenvalue weighted by Gasteiger charge is -2.10. The number of fused-ring (bicyclic) bond motifs is 10. The Morgan fingerprint density at radius 1 is 0.442 bits per heavy atom. The quantitative estimate of drug-likeness (QED) is 0.211. The van der Waals surface area contributed by atoms with Gasteiger partial charge in [0.05, 0.1) is 27.6 Å². The maximum Gasteiger partial charge on any atom is 0.220 e. The van der Waals surface area contributed by atoms with Crippen molar-refractivity contribution >= 4 is 65.7 Å². The molecule has 0 spiro atoms. The number of hydrogen-bond donors (Lipinski definition) is 0. The molecule has 0 fully saturated rings. The minimum atomic E-state index is 0.960. The standard InChI is InChI=1S/C40H25N3/c1-24-15-30(25-9-3-2-4-10-25)17-31(16-24)32-19-34-33-18-26-11-5-7-13-28(26)21-36(33)43-39(34)38(23-32)42-37-22-29-14-8-6-12-27(29)20-35(37)41-40(42)43/h2-23H,1H3. The summed E-state index contributed by atoms with van der Waals surface area (Å²) >= 11 is 0. The van der Waals surface area contributed by atoms with E-state index in [0.29, 0.717) is 0 Å². The summed E-state index contributed by atoms with van der Waals surface area (Å²) in [6.45, 7) is 2.19. The Balaban J connectivity index is 1.38. The number of imidazole rings is 2. The Morgan fingerprint density at radius 3 is 1.79 bits per heavy atom. The molecule has 3 nitrogen and oxygen atoms in total. The molecule has 0 bridgehead atoms. The van der Waals surface area contributed by atoms with E-state index >= 15 is 0 Å². The molecule has 7 aromatic carbocycles. The fourth-order valence-corrected chi connectivity index (χ4v) is 7.24. The van der Waals surface area contributed by atoms with E-state index in [-0.39, 0.29) is 0 Å². The third-order valence-electron chi connectivity index (χ3n) is 9.17. The van der Waals surface area contributed by atoms with E-state index in [0.717, 1.165) is 16.8 Å². The van der Waals surface area contributed by atoms with E-state index in [2.05, 4.69) is 149 Å². The van der Waals surface area contributed by atoms with Gasteiger partial charge in [0, 0.05) is 10.8 Å². The van der Waals surface area contributed by atoms with Gasteiger partial charge in [-0.2, -0.15) is 0 Å². The van der Waals surface area contributed by atoms with Gasteiger partial charge in [0.2, 0.25) is 5.78 Å². The first-order valence-corrected chi connectivity index (χ1v) is 14.8. The molecule has 3 aromatic heterocycles. The smallest absolute Gasteiger partial charge is 0.220 e. The van der Waals surface area contributed by atoms with Crippen LogP contribution in [-0.4, -0.2) is 13.8 Å². The lowest BCUT2D eigenvalue weighted by Crippen LogP contribution is -1.87. The van der Waals surface area contributed by atoms with E-state index in [1.54, 1.807) is 0 Å². The minimum Gasteiger partial charge on any atom is -0.277 e. The average Bonchev–Trinajstić information content (AvgIpc) is 3.67. The minimum absolute atomic E-state index is 0.960. The van der Waals surface area contributed by atoms with Crippen molar-refractivity contribution in [2.45, 2.75) is 6.92 Å². The molecule has 0 amide bonds. The predicted octanol–water partition coefficient (Wildman–Crippen LogP) is 10.4. The highest BCUT2D eigenvalue weighted by Gasteiger charge is 2.23. The van der Waals surface area contributed by atoms with Crippen LogP contribution in [0.25, 0.3) is 87.9 Å². The SMILES string of the molecule is Cc1cc(-c2ccccc2)cc(-c2cc3c4cc5ccccc5cc4n4c3c(c2)n2c3cc5ccccc5cc3nc24)c1. The number of benzene rings is 7. The molecule has 43 heavy (non-hydrogen) atoms. The van der Waals surface area contributed by atoms with Gasteiger partial charge in [0.25, 0.3) is 0 Å². The summed E-state index contributed by atoms with van der Waals surface area (Å²) in [5, 5.41) is 7.45. The fourth-order valence-electron chi connectivity index (χ4n) is 7.24. The second-order valence-corrected chi connectivity index (χ2v) is 11.8. The Morgan fingerprint density at radius 2 is 1.05 bits per heavy atom. The third kappa shape index (κ3) is 3.16. The van der Waals surface area contributed by atoms with Gasteiger partial charge in [0.15, 0.2) is 0 Å². The van der Waals surface area contributed by atoms with Crippen molar-refractivity contribution in [3.63, 3.8) is 0 Å². The van der Waals surface area contributed by atoms with Crippen molar-refractivity contribution in [2.24, 2.45) is 0 Å². The van der Waals surface area contributed by atoms with Crippen LogP contribution in [0.1, 0.15) is 5.56 Å². The zero-order chi connectivity index (χ0) is 28.2. The highest BCUT2D eigenvalue weighted by atomic mass is 15.2. The van der Waals surface area contributed by atoms with Gasteiger partial charge >= 0.3 is 0 Å². The Labute approximate surface area is 247 Å². The molecule has 0 unspecified atom stereocenters. The molecule has 0 N–H and O–H groups in total. The van der Waals surface area contributed by atoms with Crippen molar-refractivity contribution in [1.29, 1.82) is 0 Å². The lowest BCUT2D eigenvalue weighted by atomic mass is 9.95. The molecule has 0 aliphatic heterocycles. The van der Waals surface area contributed by atoms with Gasteiger partial charge < -0.3 is 0 Å². The van der Waals surface area contributed by atoms with Crippen LogP contribution in [0.4, 0.5) is 0 Å². The largest absolute Gasteiger partial charge is 0.277 e. The summed E-state index contributed by atoms with van der Waals surface area (Å²) in [5.41, 5.74) is 11.9. The third-order valence-corrected chi connectivity index (χ3v) is 9.17. The van der Waals surface area contributed by atoms with Crippen molar-refractivity contribution < 1.29 is 0 Å². The molecule has 200 valence electrons. The molecule has 3 heteroatoms. The molecular formula is C40H25N3. The van der Waals surface area contributed by atoms with Gasteiger partial charge in [-0.1, -0.05) is 91.0 Å². The molecule has 0 aliphatic rings. The van der Waals surface area contributed by atoms with E-state index in [4.69, 9.17) is 4.98 Å². The second-order valence-electron chi connectivity index (χ2n) is 11.8. The topological polar surface area (TPSA) is 21.7 Å². The maximum atomic E-state index is 5.28. The summed E-state index contributed by atoms with van der Waals surface area (Å²) in [4.78, 5) is 5.28. The van der Waals surface area contributed by atoms with E-state index in [1.165, 1.54) is 76.7 Å². The van der Waals surface area contributed by atoms with E-state index in [9.17, 15) is 0 Å². The molecule has 0 saturated heterocycles. The van der Waals surface area contributed by atoms with Crippen LogP contribution in [0.15, 0.2) is 133 Å². The van der Waals surface area contributed by atoms with E-state index < -0.39 is 0 Å². The first kappa shape index (κ1) is 23.0. The van der Waals surface area contributed by atoms with Crippen LogP contribution in [0, 0.1) is 6.92 Å². The van der Waals surface area contributed by atoms with Gasteiger partial charge in [-0.25, -0.2) is 4.98 Å². The fraction of sp³-hybridized carbons (Fsp3) is 0.0250. The van der Waals surface area contributed by atoms with Crippen LogP contribution < -0.4 is 0 Å². The Hall–Kier alpha value is -5.67. The summed E-state index contributed by atoms with van der Waals surface area (Å²) in [7, 11) is 0. The van der Waals surface area contributed by atoms with Gasteiger partial charge in [0.1, 0.15) is 0 Å². The molecule has 10 aromatic rings. The van der Waals surface area contributed by atoms with Crippen LogP contribution in [0.5, 0.6) is 0 Å². The number of aromatic nitrogens is 3. The lowest BCUT2D eigenvalue weighted by molar-refractivity contribution is 1.22. The molecule has 0 saturated carbocycles. The normalized spacial score (nSPS) is 12.3. The Bertz CT molecular complexity index is 2730. The molecule has 0 radical (unpaired) electrons. The highest BCUT2D eigenvalue weighted by Crippen LogP contribution is 2.42. The monoisotopic (exact) mass is 547 g/mol. The summed E-state index contributed by atoms with van der Waals surface area (Å²) in [6, 6.07) is 48.8. The number of aryl methyl sites for hydroxylation is 1. The number of rotatable bonds is 2.